The summed E-state index contributed by atoms with van der Waals surface area (Å²) in [6.07, 6.45) is 2.61. The maximum atomic E-state index is 5.85. The third-order valence-corrected chi connectivity index (χ3v) is 3.00. The van der Waals surface area contributed by atoms with Crippen LogP contribution in [0.1, 0.15) is 32.2 Å². The first-order chi connectivity index (χ1) is 7.95. The lowest BCUT2D eigenvalue weighted by Gasteiger charge is -2.23. The van der Waals surface area contributed by atoms with E-state index in [1.165, 1.54) is 0 Å². The molecule has 0 aromatic carbocycles. The highest BCUT2D eigenvalue weighted by Gasteiger charge is 2.22. The van der Waals surface area contributed by atoms with Crippen LogP contribution in [0.2, 0.25) is 0 Å². The normalized spacial score (nSPS) is 12.3. The summed E-state index contributed by atoms with van der Waals surface area (Å²) >= 11 is 5.85. The van der Waals surface area contributed by atoms with Crippen LogP contribution in [0, 0.1) is 6.92 Å². The highest BCUT2D eigenvalue weighted by atomic mass is 35.5. The van der Waals surface area contributed by atoms with Crippen LogP contribution >= 0.6 is 11.6 Å². The minimum Gasteiger partial charge on any atom is -0.307 e. The van der Waals surface area contributed by atoms with Crippen molar-refractivity contribution in [2.45, 2.75) is 39.7 Å². The molecule has 2 heterocycles. The number of rotatable bonds is 2. The van der Waals surface area contributed by atoms with Crippen LogP contribution in [-0.2, 0) is 12.0 Å². The third-order valence-electron chi connectivity index (χ3n) is 2.81. The molecule has 92 valence electrons. The molecule has 0 amide bonds. The Kier molecular flexibility index (Phi) is 3.13. The molecule has 0 saturated heterocycles. The molecule has 0 aliphatic carbocycles. The van der Waals surface area contributed by atoms with E-state index in [4.69, 9.17) is 11.6 Å². The summed E-state index contributed by atoms with van der Waals surface area (Å²) in [5, 5.41) is 0. The molecule has 0 spiro atoms. The van der Waals surface area contributed by atoms with Crippen molar-refractivity contribution >= 4 is 22.8 Å². The smallest absolute Gasteiger partial charge is 0.160 e. The molecule has 2 aromatic rings. The number of aromatic nitrogens is 3. The molecule has 2 aromatic heterocycles. The summed E-state index contributed by atoms with van der Waals surface area (Å²) in [4.78, 5) is 9.15. The van der Waals surface area contributed by atoms with Gasteiger partial charge in [-0.2, -0.15) is 0 Å². The van der Waals surface area contributed by atoms with Gasteiger partial charge in [0.2, 0.25) is 0 Å². The zero-order valence-corrected chi connectivity index (χ0v) is 11.5. The summed E-state index contributed by atoms with van der Waals surface area (Å²) in [7, 11) is 0. The van der Waals surface area contributed by atoms with Gasteiger partial charge in [0.05, 0.1) is 0 Å². The van der Waals surface area contributed by atoms with Gasteiger partial charge in [0.1, 0.15) is 11.3 Å². The van der Waals surface area contributed by atoms with E-state index in [-0.39, 0.29) is 5.54 Å². The molecule has 0 bridgehead atoms. The first-order valence-electron chi connectivity index (χ1n) is 5.84. The zero-order chi connectivity index (χ0) is 12.6. The van der Waals surface area contributed by atoms with Crippen molar-refractivity contribution in [1.29, 1.82) is 0 Å². The van der Waals surface area contributed by atoms with E-state index < -0.39 is 0 Å². The van der Waals surface area contributed by atoms with Crippen molar-refractivity contribution < 1.29 is 0 Å². The molecule has 0 radical (unpaired) electrons. The number of pyridine rings is 1. The number of hydrogen-bond acceptors (Lipinski definition) is 2. The molecule has 0 unspecified atom stereocenters. The second kappa shape index (κ2) is 4.30. The Morgan fingerprint density at radius 3 is 2.65 bits per heavy atom. The molecule has 4 heteroatoms. The van der Waals surface area contributed by atoms with Gasteiger partial charge in [-0.15, -0.1) is 11.6 Å². The lowest BCUT2D eigenvalue weighted by Crippen LogP contribution is -2.24. The quantitative estimate of drug-likeness (QED) is 0.767. The fourth-order valence-electron chi connectivity index (χ4n) is 2.10. The van der Waals surface area contributed by atoms with E-state index in [9.17, 15) is 0 Å². The molecule has 0 saturated carbocycles. The fourth-order valence-corrected chi connectivity index (χ4v) is 2.27. The lowest BCUT2D eigenvalue weighted by molar-refractivity contribution is 0.393. The topological polar surface area (TPSA) is 30.7 Å². The van der Waals surface area contributed by atoms with Crippen LogP contribution in [0.3, 0.4) is 0 Å². The Hall–Kier alpha value is -1.09. The predicted octanol–water partition coefficient (Wildman–Crippen LogP) is 3.28. The Morgan fingerprint density at radius 1 is 1.35 bits per heavy atom. The van der Waals surface area contributed by atoms with E-state index in [1.807, 2.05) is 12.3 Å². The van der Waals surface area contributed by atoms with Crippen LogP contribution in [-0.4, -0.2) is 20.4 Å². The summed E-state index contributed by atoms with van der Waals surface area (Å²) in [5.74, 6) is 1.60. The number of halogens is 1. The summed E-state index contributed by atoms with van der Waals surface area (Å²) in [6.45, 7) is 8.55. The van der Waals surface area contributed by atoms with E-state index in [0.717, 1.165) is 29.0 Å². The summed E-state index contributed by atoms with van der Waals surface area (Å²) in [5.41, 5.74) is 3.07. The zero-order valence-electron chi connectivity index (χ0n) is 10.8. The lowest BCUT2D eigenvalue weighted by atomic mass is 10.1. The van der Waals surface area contributed by atoms with Crippen molar-refractivity contribution in [2.75, 3.05) is 5.88 Å². The van der Waals surface area contributed by atoms with Gasteiger partial charge in [-0.3, -0.25) is 0 Å². The molecule has 0 atom stereocenters. The Bertz CT molecular complexity index is 537. The van der Waals surface area contributed by atoms with Crippen molar-refractivity contribution in [3.63, 3.8) is 0 Å². The number of aryl methyl sites for hydroxylation is 2. The molecular formula is C13H18ClN3. The van der Waals surface area contributed by atoms with Gasteiger partial charge < -0.3 is 4.57 Å². The average Bonchev–Trinajstić information content (AvgIpc) is 2.57. The Labute approximate surface area is 107 Å². The number of imidazole rings is 1. The molecule has 0 aliphatic heterocycles. The summed E-state index contributed by atoms with van der Waals surface area (Å²) < 4.78 is 2.19. The molecular weight excluding hydrogens is 234 g/mol. The highest BCUT2D eigenvalue weighted by Crippen LogP contribution is 2.25. The van der Waals surface area contributed by atoms with Gasteiger partial charge >= 0.3 is 0 Å². The molecule has 3 nitrogen and oxygen atoms in total. The molecule has 17 heavy (non-hydrogen) atoms. The first-order valence-corrected chi connectivity index (χ1v) is 6.38. The van der Waals surface area contributed by atoms with Crippen LogP contribution in [0.4, 0.5) is 0 Å². The van der Waals surface area contributed by atoms with Crippen molar-refractivity contribution in [3.8, 4) is 0 Å². The minimum atomic E-state index is -0.0308. The SMILES string of the molecule is Cc1ccnc2c1nc(CCCl)n2C(C)(C)C. The highest BCUT2D eigenvalue weighted by molar-refractivity contribution is 6.17. The minimum absolute atomic E-state index is 0.0308. The van der Waals surface area contributed by atoms with Crippen molar-refractivity contribution in [1.82, 2.24) is 14.5 Å². The van der Waals surface area contributed by atoms with Gasteiger partial charge in [-0.25, -0.2) is 9.97 Å². The van der Waals surface area contributed by atoms with Gasteiger partial charge in [-0.05, 0) is 39.3 Å². The molecule has 0 fully saturated rings. The van der Waals surface area contributed by atoms with Gasteiger partial charge in [0.25, 0.3) is 0 Å². The Morgan fingerprint density at radius 2 is 2.06 bits per heavy atom. The largest absolute Gasteiger partial charge is 0.307 e. The van der Waals surface area contributed by atoms with E-state index in [0.29, 0.717) is 5.88 Å². The molecule has 2 rings (SSSR count). The van der Waals surface area contributed by atoms with Crippen molar-refractivity contribution in [3.05, 3.63) is 23.7 Å². The average molecular weight is 252 g/mol. The van der Waals surface area contributed by atoms with Crippen LogP contribution in [0.25, 0.3) is 11.2 Å². The number of alkyl halides is 1. The van der Waals surface area contributed by atoms with Gasteiger partial charge in [0, 0.05) is 24.0 Å². The van der Waals surface area contributed by atoms with Crippen LogP contribution in [0.5, 0.6) is 0 Å². The van der Waals surface area contributed by atoms with Gasteiger partial charge in [0.15, 0.2) is 5.65 Å². The first kappa shape index (κ1) is 12.4. The fraction of sp³-hybridized carbons (Fsp3) is 0.538. The van der Waals surface area contributed by atoms with E-state index in [1.54, 1.807) is 0 Å². The summed E-state index contributed by atoms with van der Waals surface area (Å²) in [6, 6.07) is 1.99. The Balaban J connectivity index is 2.76. The second-order valence-corrected chi connectivity index (χ2v) is 5.65. The maximum absolute atomic E-state index is 5.85. The molecule has 0 aliphatic rings. The molecule has 0 N–H and O–H groups in total. The van der Waals surface area contributed by atoms with Crippen LogP contribution in [0.15, 0.2) is 12.3 Å². The van der Waals surface area contributed by atoms with Crippen LogP contribution < -0.4 is 0 Å². The second-order valence-electron chi connectivity index (χ2n) is 5.27. The van der Waals surface area contributed by atoms with E-state index in [2.05, 4.69) is 42.2 Å². The predicted molar refractivity (Wildman–Crippen MR) is 71.7 cm³/mol. The number of nitrogens with zero attached hydrogens (tertiary/aromatic N) is 3. The number of hydrogen-bond donors (Lipinski definition) is 0. The van der Waals surface area contributed by atoms with Crippen molar-refractivity contribution in [2.24, 2.45) is 0 Å². The monoisotopic (exact) mass is 251 g/mol. The number of fused-ring (bicyclic) bond motifs is 1. The maximum Gasteiger partial charge on any atom is 0.160 e. The van der Waals surface area contributed by atoms with E-state index >= 15 is 0 Å². The standard InChI is InChI=1S/C13H18ClN3/c1-9-6-8-15-12-11(9)16-10(5-7-14)17(12)13(2,3)4/h6,8H,5,7H2,1-4H3. The van der Waals surface area contributed by atoms with Gasteiger partial charge in [-0.1, -0.05) is 0 Å². The third kappa shape index (κ3) is 2.16.